The van der Waals surface area contributed by atoms with Crippen molar-refractivity contribution in [1.82, 2.24) is 0 Å². The third-order valence-electron chi connectivity index (χ3n) is 4.35. The number of carbonyl (C=O) groups is 1. The van der Waals surface area contributed by atoms with Crippen molar-refractivity contribution in [3.8, 4) is 0 Å². The van der Waals surface area contributed by atoms with E-state index in [0.29, 0.717) is 21.5 Å². The minimum Gasteiger partial charge on any atom is -0.452 e. The Kier molecular flexibility index (Phi) is 5.01. The first-order chi connectivity index (χ1) is 11.8. The second-order valence-corrected chi connectivity index (χ2v) is 7.41. The SMILES string of the molecule is COC(=O)N1C=CC(C)(Cc2ccc(Cl)c(Cl)c2)c2cc(Cl)ccc21. The summed E-state index contributed by atoms with van der Waals surface area (Å²) in [4.78, 5) is 13.5. The molecule has 130 valence electrons. The van der Waals surface area contributed by atoms with Crippen LogP contribution in [0.25, 0.3) is 0 Å². The summed E-state index contributed by atoms with van der Waals surface area (Å²) in [7, 11) is 1.36. The van der Waals surface area contributed by atoms with E-state index in [4.69, 9.17) is 39.5 Å². The van der Waals surface area contributed by atoms with Crippen molar-refractivity contribution in [2.75, 3.05) is 12.0 Å². The third kappa shape index (κ3) is 3.50. The maximum atomic E-state index is 12.1. The number of ether oxygens (including phenoxy) is 1. The van der Waals surface area contributed by atoms with Crippen LogP contribution in [0, 0.1) is 0 Å². The van der Waals surface area contributed by atoms with Crippen molar-refractivity contribution in [3.05, 3.63) is 74.9 Å². The van der Waals surface area contributed by atoms with Crippen LogP contribution in [0.3, 0.4) is 0 Å². The lowest BCUT2D eigenvalue weighted by Gasteiger charge is -2.36. The maximum Gasteiger partial charge on any atom is 0.418 e. The first kappa shape index (κ1) is 18.1. The van der Waals surface area contributed by atoms with Gasteiger partial charge in [0.1, 0.15) is 0 Å². The molecule has 0 aromatic heterocycles. The molecule has 0 fully saturated rings. The minimum absolute atomic E-state index is 0.359. The Hall–Kier alpha value is -1.68. The lowest BCUT2D eigenvalue weighted by atomic mass is 9.75. The summed E-state index contributed by atoms with van der Waals surface area (Å²) in [6, 6.07) is 11.1. The Bertz CT molecular complexity index is 866. The molecule has 25 heavy (non-hydrogen) atoms. The van der Waals surface area contributed by atoms with Crippen molar-refractivity contribution in [1.29, 1.82) is 0 Å². The first-order valence-electron chi connectivity index (χ1n) is 7.64. The van der Waals surface area contributed by atoms with Crippen LogP contribution in [-0.4, -0.2) is 13.2 Å². The molecule has 0 N–H and O–H groups in total. The quantitative estimate of drug-likeness (QED) is 0.600. The number of hydrogen-bond acceptors (Lipinski definition) is 2. The molecular weight excluding hydrogens is 381 g/mol. The van der Waals surface area contributed by atoms with Crippen molar-refractivity contribution in [2.24, 2.45) is 0 Å². The van der Waals surface area contributed by atoms with Crippen molar-refractivity contribution < 1.29 is 9.53 Å². The standard InChI is InChI=1S/C19H16Cl3NO2/c1-19(11-12-3-5-15(21)16(22)9-12)7-8-23(18(24)25-2)17-6-4-13(20)10-14(17)19/h3-10H,11H2,1-2H3. The Morgan fingerprint density at radius 1 is 1.12 bits per heavy atom. The molecular formula is C19H16Cl3NO2. The average Bonchev–Trinajstić information content (AvgIpc) is 2.58. The number of anilines is 1. The predicted octanol–water partition coefficient (Wildman–Crippen LogP) is 6.25. The summed E-state index contributed by atoms with van der Waals surface area (Å²) < 4.78 is 4.86. The molecule has 0 radical (unpaired) electrons. The molecule has 2 aromatic rings. The summed E-state index contributed by atoms with van der Waals surface area (Å²) in [5.41, 5.74) is 2.38. The smallest absolute Gasteiger partial charge is 0.418 e. The van der Waals surface area contributed by atoms with E-state index in [1.807, 2.05) is 30.3 Å². The maximum absolute atomic E-state index is 12.1. The Labute approximate surface area is 161 Å². The molecule has 1 heterocycles. The predicted molar refractivity (Wildman–Crippen MR) is 103 cm³/mol. The summed E-state index contributed by atoms with van der Waals surface area (Å²) in [5.74, 6) is 0. The lowest BCUT2D eigenvalue weighted by Crippen LogP contribution is -2.35. The molecule has 2 aromatic carbocycles. The zero-order valence-electron chi connectivity index (χ0n) is 13.7. The number of rotatable bonds is 2. The van der Waals surface area contributed by atoms with Crippen LogP contribution in [0.2, 0.25) is 15.1 Å². The van der Waals surface area contributed by atoms with Crippen LogP contribution in [0.4, 0.5) is 10.5 Å². The molecule has 1 aliphatic heterocycles. The second-order valence-electron chi connectivity index (χ2n) is 6.16. The molecule has 0 saturated heterocycles. The minimum atomic E-state index is -0.448. The van der Waals surface area contributed by atoms with Gasteiger partial charge in [-0.1, -0.05) is 53.9 Å². The number of hydrogen-bond donors (Lipinski definition) is 0. The number of halogens is 3. The Balaban J connectivity index is 2.05. The topological polar surface area (TPSA) is 29.5 Å². The van der Waals surface area contributed by atoms with E-state index in [9.17, 15) is 4.79 Å². The van der Waals surface area contributed by atoms with E-state index >= 15 is 0 Å². The van der Waals surface area contributed by atoms with Gasteiger partial charge in [-0.05, 0) is 47.9 Å². The first-order valence-corrected chi connectivity index (χ1v) is 8.78. The fourth-order valence-electron chi connectivity index (χ4n) is 3.07. The normalized spacial score (nSPS) is 18.8. The highest BCUT2D eigenvalue weighted by Crippen LogP contribution is 2.42. The van der Waals surface area contributed by atoms with Gasteiger partial charge in [0.15, 0.2) is 0 Å². The van der Waals surface area contributed by atoms with Crippen LogP contribution >= 0.6 is 34.8 Å². The molecule has 1 aliphatic rings. The molecule has 1 amide bonds. The van der Waals surface area contributed by atoms with Crippen LogP contribution in [0.15, 0.2) is 48.7 Å². The van der Waals surface area contributed by atoms with Gasteiger partial charge in [-0.3, -0.25) is 4.90 Å². The van der Waals surface area contributed by atoms with Gasteiger partial charge < -0.3 is 4.74 Å². The Morgan fingerprint density at radius 3 is 2.56 bits per heavy atom. The highest BCUT2D eigenvalue weighted by molar-refractivity contribution is 6.42. The van der Waals surface area contributed by atoms with Crippen LogP contribution in [-0.2, 0) is 16.6 Å². The molecule has 3 rings (SSSR count). The second kappa shape index (κ2) is 6.91. The zero-order valence-corrected chi connectivity index (χ0v) is 16.0. The molecule has 0 spiro atoms. The zero-order chi connectivity index (χ0) is 18.2. The number of fused-ring (bicyclic) bond motifs is 1. The lowest BCUT2D eigenvalue weighted by molar-refractivity contribution is 0.181. The highest BCUT2D eigenvalue weighted by Gasteiger charge is 2.34. The van der Waals surface area contributed by atoms with Crippen LogP contribution in [0.1, 0.15) is 18.1 Å². The number of carbonyl (C=O) groups excluding carboxylic acids is 1. The van der Waals surface area contributed by atoms with Crippen molar-refractivity contribution in [3.63, 3.8) is 0 Å². The molecule has 0 bridgehead atoms. The fraction of sp³-hybridized carbons (Fsp3) is 0.211. The van der Waals surface area contributed by atoms with Gasteiger partial charge in [0.2, 0.25) is 0 Å². The van der Waals surface area contributed by atoms with E-state index in [1.165, 1.54) is 12.0 Å². The summed E-state index contributed by atoms with van der Waals surface area (Å²) >= 11 is 18.4. The van der Waals surface area contributed by atoms with Gasteiger partial charge in [-0.25, -0.2) is 4.79 Å². The number of nitrogens with zero attached hydrogens (tertiary/aromatic N) is 1. The molecule has 6 heteroatoms. The Morgan fingerprint density at radius 2 is 1.88 bits per heavy atom. The van der Waals surface area contributed by atoms with E-state index in [-0.39, 0.29) is 5.41 Å². The van der Waals surface area contributed by atoms with Crippen LogP contribution < -0.4 is 4.90 Å². The van der Waals surface area contributed by atoms with E-state index in [2.05, 4.69) is 6.92 Å². The average molecular weight is 397 g/mol. The number of benzene rings is 2. The largest absolute Gasteiger partial charge is 0.452 e. The molecule has 1 unspecified atom stereocenters. The van der Waals surface area contributed by atoms with Gasteiger partial charge in [-0.15, -0.1) is 0 Å². The van der Waals surface area contributed by atoms with E-state index < -0.39 is 6.09 Å². The molecule has 0 aliphatic carbocycles. The van der Waals surface area contributed by atoms with Crippen molar-refractivity contribution in [2.45, 2.75) is 18.8 Å². The number of allylic oxidation sites excluding steroid dienone is 1. The van der Waals surface area contributed by atoms with Gasteiger partial charge in [0, 0.05) is 16.6 Å². The van der Waals surface area contributed by atoms with Gasteiger partial charge in [0.25, 0.3) is 0 Å². The van der Waals surface area contributed by atoms with Crippen LogP contribution in [0.5, 0.6) is 0 Å². The molecule has 3 nitrogen and oxygen atoms in total. The third-order valence-corrected chi connectivity index (χ3v) is 5.33. The summed E-state index contributed by atoms with van der Waals surface area (Å²) in [6.45, 7) is 2.09. The summed E-state index contributed by atoms with van der Waals surface area (Å²) in [5, 5.41) is 1.65. The number of methoxy groups -OCH3 is 1. The monoisotopic (exact) mass is 395 g/mol. The van der Waals surface area contributed by atoms with Crippen molar-refractivity contribution >= 4 is 46.6 Å². The molecule has 0 saturated carbocycles. The summed E-state index contributed by atoms with van der Waals surface area (Å²) in [6.07, 6.45) is 3.95. The van der Waals surface area contributed by atoms with Gasteiger partial charge in [0.05, 0.1) is 22.8 Å². The molecule has 1 atom stereocenters. The van der Waals surface area contributed by atoms with E-state index in [1.54, 1.807) is 18.3 Å². The fourth-order valence-corrected chi connectivity index (χ4v) is 3.56. The highest BCUT2D eigenvalue weighted by atomic mass is 35.5. The van der Waals surface area contributed by atoms with Gasteiger partial charge in [-0.2, -0.15) is 0 Å². The van der Waals surface area contributed by atoms with Gasteiger partial charge >= 0.3 is 6.09 Å². The van der Waals surface area contributed by atoms with E-state index in [0.717, 1.165) is 16.8 Å². The number of amides is 1.